The third kappa shape index (κ3) is 2.95. The van der Waals surface area contributed by atoms with Crippen LogP contribution in [-0.2, 0) is 9.53 Å². The first kappa shape index (κ1) is 20.6. The van der Waals surface area contributed by atoms with E-state index in [1.165, 1.54) is 44.3 Å². The van der Waals surface area contributed by atoms with Gasteiger partial charge in [-0.2, -0.15) is 0 Å². The van der Waals surface area contributed by atoms with Crippen LogP contribution in [0, 0.1) is 22.7 Å². The van der Waals surface area contributed by atoms with Crippen LogP contribution in [0.25, 0.3) is 0 Å². The van der Waals surface area contributed by atoms with Gasteiger partial charge in [0.1, 0.15) is 5.03 Å². The molecule has 0 amide bonds. The molecule has 4 atom stereocenters. The van der Waals surface area contributed by atoms with Gasteiger partial charge in [-0.3, -0.25) is 0 Å². The largest absolute Gasteiger partial charge is 0.465 e. The number of carbonyl (C=O) groups is 1. The van der Waals surface area contributed by atoms with Gasteiger partial charge in [-0.1, -0.05) is 48.7 Å². The van der Waals surface area contributed by atoms with Crippen LogP contribution in [0.3, 0.4) is 0 Å². The summed E-state index contributed by atoms with van der Waals surface area (Å²) in [7, 11) is 1.42. The molecule has 158 valence electrons. The van der Waals surface area contributed by atoms with Crippen LogP contribution in [0.1, 0.15) is 58.8 Å². The van der Waals surface area contributed by atoms with Crippen molar-refractivity contribution in [2.75, 3.05) is 18.6 Å². The van der Waals surface area contributed by atoms with Crippen molar-refractivity contribution < 1.29 is 9.53 Å². The monoisotopic (exact) mass is 450 g/mol. The smallest absolute Gasteiger partial charge is 0.349 e. The molecule has 0 aromatic heterocycles. The highest BCUT2D eigenvalue weighted by molar-refractivity contribution is 8.21. The van der Waals surface area contributed by atoms with E-state index in [2.05, 4.69) is 49.5 Å². The summed E-state index contributed by atoms with van der Waals surface area (Å²) in [5.74, 6) is 3.46. The number of hydrogen-bond acceptors (Lipinski definition) is 4. The second kappa shape index (κ2) is 7.10. The van der Waals surface area contributed by atoms with Gasteiger partial charge in [-0.05, 0) is 67.8 Å². The van der Waals surface area contributed by atoms with Gasteiger partial charge in [-0.25, -0.2) is 4.79 Å². The first-order chi connectivity index (χ1) is 13.8. The average molecular weight is 451 g/mol. The molecule has 1 heterocycles. The standard InChI is InChI=1S/C24H31ClO2S2/c1-22-10-11-24(28-12-13-29-24)14-15(22)4-5-16-17-6-7-19(20(25)21(26)27-3)23(17,2)9-8-18(16)22/h8,14,16-17H,4-7,9-13H2,1-3H3/b20-19-/t16?,17?,22-,23-/m0/s1. The minimum Gasteiger partial charge on any atom is -0.465 e. The van der Waals surface area contributed by atoms with Gasteiger partial charge in [0.25, 0.3) is 0 Å². The number of allylic oxidation sites excluding steroid dienone is 4. The van der Waals surface area contributed by atoms with E-state index in [-0.39, 0.29) is 16.8 Å². The minimum absolute atomic E-state index is 0.00403. The Morgan fingerprint density at radius 1 is 1.17 bits per heavy atom. The van der Waals surface area contributed by atoms with E-state index < -0.39 is 0 Å². The summed E-state index contributed by atoms with van der Waals surface area (Å²) in [6.07, 6.45) is 13.4. The summed E-state index contributed by atoms with van der Waals surface area (Å²) in [6.45, 7) is 4.86. The number of carbonyl (C=O) groups excluding carboxylic acids is 1. The van der Waals surface area contributed by atoms with E-state index in [0.29, 0.717) is 20.9 Å². The van der Waals surface area contributed by atoms with E-state index in [1.54, 1.807) is 11.1 Å². The molecule has 1 spiro atoms. The molecule has 29 heavy (non-hydrogen) atoms. The molecule has 0 radical (unpaired) electrons. The quantitative estimate of drug-likeness (QED) is 0.252. The molecule has 3 fully saturated rings. The van der Waals surface area contributed by atoms with Gasteiger partial charge in [0.15, 0.2) is 0 Å². The van der Waals surface area contributed by atoms with Gasteiger partial charge in [-0.15, -0.1) is 23.5 Å². The molecule has 0 N–H and O–H groups in total. The summed E-state index contributed by atoms with van der Waals surface area (Å²) in [4.78, 5) is 12.1. The Balaban J connectivity index is 1.51. The average Bonchev–Trinajstić information content (AvgIpc) is 3.31. The number of ether oxygens (including phenoxy) is 1. The number of thioether (sulfide) groups is 2. The Morgan fingerprint density at radius 2 is 1.93 bits per heavy atom. The van der Waals surface area contributed by atoms with Crippen molar-refractivity contribution in [1.82, 2.24) is 0 Å². The van der Waals surface area contributed by atoms with Gasteiger partial charge in [0.2, 0.25) is 0 Å². The number of methoxy groups -OCH3 is 1. The van der Waals surface area contributed by atoms with Crippen LogP contribution in [-0.4, -0.2) is 28.7 Å². The molecule has 4 aliphatic carbocycles. The van der Waals surface area contributed by atoms with Crippen molar-refractivity contribution in [3.8, 4) is 0 Å². The maximum atomic E-state index is 12.1. The zero-order valence-electron chi connectivity index (χ0n) is 17.7. The molecule has 0 bridgehead atoms. The Kier molecular flexibility index (Phi) is 5.04. The fourth-order valence-electron chi connectivity index (χ4n) is 7.07. The number of esters is 1. The van der Waals surface area contributed by atoms with Crippen LogP contribution in [0.15, 0.2) is 33.9 Å². The van der Waals surface area contributed by atoms with Gasteiger partial charge in [0.05, 0.1) is 11.2 Å². The molecule has 5 rings (SSSR count). The van der Waals surface area contributed by atoms with Crippen LogP contribution < -0.4 is 0 Å². The maximum absolute atomic E-state index is 12.1. The van der Waals surface area contributed by atoms with E-state index in [4.69, 9.17) is 16.3 Å². The van der Waals surface area contributed by atoms with Gasteiger partial charge in [0, 0.05) is 16.9 Å². The zero-order chi connectivity index (χ0) is 20.4. The summed E-state index contributed by atoms with van der Waals surface area (Å²) in [5.41, 5.74) is 4.80. The lowest BCUT2D eigenvalue weighted by Gasteiger charge is -2.54. The second-order valence-electron chi connectivity index (χ2n) is 9.87. The third-order valence-corrected chi connectivity index (χ3v) is 12.5. The molecule has 2 unspecified atom stereocenters. The predicted octanol–water partition coefficient (Wildman–Crippen LogP) is 6.71. The third-order valence-electron chi connectivity index (χ3n) is 8.69. The van der Waals surface area contributed by atoms with Gasteiger partial charge >= 0.3 is 5.97 Å². The predicted molar refractivity (Wildman–Crippen MR) is 124 cm³/mol. The van der Waals surface area contributed by atoms with E-state index in [0.717, 1.165) is 24.8 Å². The maximum Gasteiger partial charge on any atom is 0.349 e. The Morgan fingerprint density at radius 3 is 2.66 bits per heavy atom. The van der Waals surface area contributed by atoms with Crippen molar-refractivity contribution in [1.29, 1.82) is 0 Å². The van der Waals surface area contributed by atoms with Crippen LogP contribution >= 0.6 is 35.1 Å². The highest BCUT2D eigenvalue weighted by Gasteiger charge is 2.56. The summed E-state index contributed by atoms with van der Waals surface area (Å²) < 4.78 is 5.30. The molecular weight excluding hydrogens is 420 g/mol. The molecule has 1 saturated heterocycles. The Labute approximate surface area is 188 Å². The van der Waals surface area contributed by atoms with Crippen molar-refractivity contribution >= 4 is 41.1 Å². The molecule has 0 aromatic rings. The van der Waals surface area contributed by atoms with Gasteiger partial charge < -0.3 is 4.74 Å². The van der Waals surface area contributed by atoms with E-state index in [1.807, 2.05) is 0 Å². The Hall–Kier alpha value is -0.320. The SMILES string of the molecule is COC(=O)/C(Cl)=C1\CCC2C3CCC4=CC5(CC[C@]4(C)C3=CC[C@]12C)SCCS5. The van der Waals surface area contributed by atoms with Crippen LogP contribution in [0.5, 0.6) is 0 Å². The number of fused-ring (bicyclic) bond motifs is 5. The van der Waals surface area contributed by atoms with Crippen molar-refractivity contribution in [2.24, 2.45) is 22.7 Å². The highest BCUT2D eigenvalue weighted by Crippen LogP contribution is 2.67. The lowest BCUT2D eigenvalue weighted by molar-refractivity contribution is -0.135. The molecule has 0 aromatic carbocycles. The first-order valence-electron chi connectivity index (χ1n) is 11.0. The lowest BCUT2D eigenvalue weighted by Crippen LogP contribution is -2.44. The van der Waals surface area contributed by atoms with Crippen LogP contribution in [0.4, 0.5) is 0 Å². The molecule has 2 saturated carbocycles. The fraction of sp³-hybridized carbons (Fsp3) is 0.708. The number of hydrogen-bond donors (Lipinski definition) is 0. The molecule has 5 aliphatic rings. The van der Waals surface area contributed by atoms with Crippen molar-refractivity contribution in [3.05, 3.63) is 33.9 Å². The van der Waals surface area contributed by atoms with Crippen molar-refractivity contribution in [3.63, 3.8) is 0 Å². The summed E-state index contributed by atoms with van der Waals surface area (Å²) >= 11 is 10.9. The zero-order valence-corrected chi connectivity index (χ0v) is 20.1. The minimum atomic E-state index is -0.372. The van der Waals surface area contributed by atoms with Crippen molar-refractivity contribution in [2.45, 2.75) is 62.9 Å². The topological polar surface area (TPSA) is 26.3 Å². The van der Waals surface area contributed by atoms with Crippen LogP contribution in [0.2, 0.25) is 0 Å². The second-order valence-corrected chi connectivity index (χ2v) is 13.4. The summed E-state index contributed by atoms with van der Waals surface area (Å²) in [5, 5.41) is 0.340. The normalized spacial score (nSPS) is 41.8. The first-order valence-corrected chi connectivity index (χ1v) is 13.4. The summed E-state index contributed by atoms with van der Waals surface area (Å²) in [6, 6.07) is 0. The van der Waals surface area contributed by atoms with E-state index in [9.17, 15) is 4.79 Å². The highest BCUT2D eigenvalue weighted by atomic mass is 35.5. The molecular formula is C24H31ClO2S2. The van der Waals surface area contributed by atoms with E-state index >= 15 is 0 Å². The molecule has 1 aliphatic heterocycles. The lowest BCUT2D eigenvalue weighted by atomic mass is 9.51. The number of rotatable bonds is 1. The number of halogens is 1. The molecule has 5 heteroatoms. The Bertz CT molecular complexity index is 838. The molecule has 2 nitrogen and oxygen atoms in total. The fourth-order valence-corrected chi connectivity index (χ4v) is 10.6.